The number of alkyl halides is 3. The molecule has 0 aliphatic heterocycles. The van der Waals surface area contributed by atoms with Crippen molar-refractivity contribution in [2.45, 2.75) is 25.7 Å². The van der Waals surface area contributed by atoms with Crippen molar-refractivity contribution in [2.75, 3.05) is 7.11 Å². The lowest BCUT2D eigenvalue weighted by molar-refractivity contribution is -0.137. The number of carbonyl (C=O) groups excluding carboxylic acids is 1. The van der Waals surface area contributed by atoms with E-state index in [-0.39, 0.29) is 22.2 Å². The van der Waals surface area contributed by atoms with Gasteiger partial charge in [0, 0.05) is 5.56 Å². The van der Waals surface area contributed by atoms with E-state index in [1.54, 1.807) is 18.2 Å². The van der Waals surface area contributed by atoms with Crippen molar-refractivity contribution in [1.29, 1.82) is 0 Å². The van der Waals surface area contributed by atoms with E-state index < -0.39 is 41.6 Å². The molecule has 0 aliphatic carbocycles. The molecule has 1 aromatic heterocycles. The molecule has 2 aromatic carbocycles. The third-order valence-corrected chi connectivity index (χ3v) is 4.40. The zero-order valence-corrected chi connectivity index (χ0v) is 15.8. The molecule has 0 spiro atoms. The number of rotatable bonds is 5. The van der Waals surface area contributed by atoms with Gasteiger partial charge in [-0.25, -0.2) is 9.07 Å². The van der Waals surface area contributed by atoms with Crippen LogP contribution in [-0.2, 0) is 17.5 Å². The van der Waals surface area contributed by atoms with Gasteiger partial charge >= 0.3 is 6.18 Å². The number of hydrogen-bond donors (Lipinski definition) is 1. The van der Waals surface area contributed by atoms with Crippen molar-refractivity contribution in [3.63, 3.8) is 0 Å². The molecule has 0 bridgehead atoms. The van der Waals surface area contributed by atoms with Gasteiger partial charge in [0.2, 0.25) is 5.91 Å². The summed E-state index contributed by atoms with van der Waals surface area (Å²) >= 11 is 0. The SMILES string of the molecule is COc1cccc2nnn(CC(=O)NC(C)c3ccc(C(F)(F)F)cc3F)c(=O)c12. The monoisotopic (exact) mass is 424 g/mol. The van der Waals surface area contributed by atoms with Crippen LogP contribution in [0.1, 0.15) is 24.1 Å². The Hall–Kier alpha value is -3.50. The van der Waals surface area contributed by atoms with E-state index in [0.29, 0.717) is 6.07 Å². The van der Waals surface area contributed by atoms with E-state index in [1.165, 1.54) is 14.0 Å². The quantitative estimate of drug-likeness (QED) is 0.637. The van der Waals surface area contributed by atoms with Crippen molar-refractivity contribution >= 4 is 16.8 Å². The van der Waals surface area contributed by atoms with Crippen molar-refractivity contribution in [3.8, 4) is 5.75 Å². The molecule has 0 saturated heterocycles. The van der Waals surface area contributed by atoms with Crippen LogP contribution in [0.25, 0.3) is 10.9 Å². The first-order chi connectivity index (χ1) is 14.1. The molecule has 3 aromatic rings. The standard InChI is InChI=1S/C19H16F4N4O3/c1-10(12-7-6-11(8-13(12)20)19(21,22)23)24-16(28)9-27-18(29)17-14(25-26-27)4-3-5-15(17)30-2/h3-8,10H,9H2,1-2H3,(H,24,28). The molecule has 1 N–H and O–H groups in total. The zero-order valence-electron chi connectivity index (χ0n) is 15.8. The minimum Gasteiger partial charge on any atom is -0.496 e. The Morgan fingerprint density at radius 1 is 1.27 bits per heavy atom. The first kappa shape index (κ1) is 21.2. The lowest BCUT2D eigenvalue weighted by atomic mass is 10.0. The van der Waals surface area contributed by atoms with Gasteiger partial charge in [-0.1, -0.05) is 17.3 Å². The average Bonchev–Trinajstić information content (AvgIpc) is 2.68. The molecule has 11 heteroatoms. The molecule has 3 rings (SSSR count). The van der Waals surface area contributed by atoms with Gasteiger partial charge in [-0.3, -0.25) is 9.59 Å². The Kier molecular flexibility index (Phi) is 5.72. The summed E-state index contributed by atoms with van der Waals surface area (Å²) < 4.78 is 58.0. The van der Waals surface area contributed by atoms with Crippen molar-refractivity contribution in [1.82, 2.24) is 20.3 Å². The van der Waals surface area contributed by atoms with Gasteiger partial charge in [0.25, 0.3) is 5.56 Å². The molecule has 0 radical (unpaired) electrons. The number of benzene rings is 2. The summed E-state index contributed by atoms with van der Waals surface area (Å²) in [6.07, 6.45) is -4.68. The first-order valence-electron chi connectivity index (χ1n) is 8.68. The highest BCUT2D eigenvalue weighted by Crippen LogP contribution is 2.31. The lowest BCUT2D eigenvalue weighted by Gasteiger charge is -2.16. The number of nitrogens with one attached hydrogen (secondary N) is 1. The second-order valence-corrected chi connectivity index (χ2v) is 6.43. The van der Waals surface area contributed by atoms with Gasteiger partial charge < -0.3 is 10.1 Å². The van der Waals surface area contributed by atoms with E-state index >= 15 is 0 Å². The lowest BCUT2D eigenvalue weighted by Crippen LogP contribution is -2.35. The Bertz CT molecular complexity index is 1160. The Balaban J connectivity index is 1.79. The van der Waals surface area contributed by atoms with Crippen LogP contribution in [0.15, 0.2) is 41.2 Å². The maximum absolute atomic E-state index is 14.1. The summed E-state index contributed by atoms with van der Waals surface area (Å²) in [4.78, 5) is 24.9. The molecule has 1 amide bonds. The molecular weight excluding hydrogens is 408 g/mol. The van der Waals surface area contributed by atoms with Gasteiger partial charge in [-0.05, 0) is 31.2 Å². The summed E-state index contributed by atoms with van der Waals surface area (Å²) in [5.41, 5.74) is -1.58. The van der Waals surface area contributed by atoms with E-state index in [9.17, 15) is 27.2 Å². The fourth-order valence-corrected chi connectivity index (χ4v) is 2.92. The number of methoxy groups -OCH3 is 1. The minimum atomic E-state index is -4.68. The largest absolute Gasteiger partial charge is 0.496 e. The predicted molar refractivity (Wildman–Crippen MR) is 98.3 cm³/mol. The van der Waals surface area contributed by atoms with Crippen LogP contribution >= 0.6 is 0 Å². The third-order valence-electron chi connectivity index (χ3n) is 4.40. The summed E-state index contributed by atoms with van der Waals surface area (Å²) in [6.45, 7) is 0.883. The van der Waals surface area contributed by atoms with Gasteiger partial charge in [0.15, 0.2) is 0 Å². The minimum absolute atomic E-state index is 0.130. The van der Waals surface area contributed by atoms with Crippen LogP contribution in [0, 0.1) is 5.82 Å². The maximum atomic E-state index is 14.1. The second-order valence-electron chi connectivity index (χ2n) is 6.43. The number of hydrogen-bond acceptors (Lipinski definition) is 5. The molecule has 1 unspecified atom stereocenters. The van der Waals surface area contributed by atoms with Gasteiger partial charge in [-0.2, -0.15) is 13.2 Å². The number of aromatic nitrogens is 3. The van der Waals surface area contributed by atoms with Gasteiger partial charge in [-0.15, -0.1) is 5.10 Å². The predicted octanol–water partition coefficient (Wildman–Crippen LogP) is 2.84. The molecule has 7 nitrogen and oxygen atoms in total. The van der Waals surface area contributed by atoms with Crippen molar-refractivity contribution < 1.29 is 27.1 Å². The molecule has 1 atom stereocenters. The van der Waals surface area contributed by atoms with Crippen molar-refractivity contribution in [3.05, 3.63) is 63.7 Å². The number of nitrogens with zero attached hydrogens (tertiary/aromatic N) is 3. The number of ether oxygens (including phenoxy) is 1. The van der Waals surface area contributed by atoms with Crippen LogP contribution in [0.3, 0.4) is 0 Å². The van der Waals surface area contributed by atoms with Crippen LogP contribution in [0.5, 0.6) is 5.75 Å². The highest BCUT2D eigenvalue weighted by Gasteiger charge is 2.31. The molecule has 0 fully saturated rings. The third kappa shape index (κ3) is 4.24. The molecule has 1 heterocycles. The van der Waals surface area contributed by atoms with Crippen LogP contribution in [0.2, 0.25) is 0 Å². The molecule has 0 aliphatic rings. The summed E-state index contributed by atoms with van der Waals surface area (Å²) in [5, 5.41) is 10.1. The van der Waals surface area contributed by atoms with E-state index in [2.05, 4.69) is 15.6 Å². The summed E-state index contributed by atoms with van der Waals surface area (Å²) in [5.74, 6) is -1.54. The number of carbonyl (C=O) groups is 1. The molecule has 158 valence electrons. The number of amides is 1. The van der Waals surface area contributed by atoms with Crippen LogP contribution in [0.4, 0.5) is 17.6 Å². The number of halogens is 4. The number of fused-ring (bicyclic) bond motifs is 1. The fourth-order valence-electron chi connectivity index (χ4n) is 2.92. The Morgan fingerprint density at radius 3 is 2.63 bits per heavy atom. The van der Waals surface area contributed by atoms with E-state index in [1.807, 2.05) is 0 Å². The normalized spacial score (nSPS) is 12.6. The fraction of sp³-hybridized carbons (Fsp3) is 0.263. The maximum Gasteiger partial charge on any atom is 0.416 e. The van der Waals surface area contributed by atoms with Crippen LogP contribution < -0.4 is 15.6 Å². The van der Waals surface area contributed by atoms with Gasteiger partial charge in [0.05, 0.1) is 18.7 Å². The highest BCUT2D eigenvalue weighted by molar-refractivity contribution is 5.84. The summed E-state index contributed by atoms with van der Waals surface area (Å²) in [7, 11) is 1.38. The zero-order chi connectivity index (χ0) is 22.1. The topological polar surface area (TPSA) is 86.1 Å². The van der Waals surface area contributed by atoms with E-state index in [4.69, 9.17) is 4.74 Å². The Morgan fingerprint density at radius 2 is 2.00 bits per heavy atom. The molecular formula is C19H16F4N4O3. The second kappa shape index (κ2) is 8.09. The Labute approximate surface area is 167 Å². The molecule has 0 saturated carbocycles. The highest BCUT2D eigenvalue weighted by atomic mass is 19.4. The van der Waals surface area contributed by atoms with Gasteiger partial charge in [0.1, 0.15) is 29.0 Å². The smallest absolute Gasteiger partial charge is 0.416 e. The summed E-state index contributed by atoms with van der Waals surface area (Å²) in [6, 6.07) is 5.86. The average molecular weight is 424 g/mol. The van der Waals surface area contributed by atoms with Crippen molar-refractivity contribution in [2.24, 2.45) is 0 Å². The molecule has 30 heavy (non-hydrogen) atoms. The first-order valence-corrected chi connectivity index (χ1v) is 8.68. The van der Waals surface area contributed by atoms with E-state index in [0.717, 1.165) is 16.8 Å². The van der Waals surface area contributed by atoms with Crippen LogP contribution in [-0.4, -0.2) is 28.0 Å².